The van der Waals surface area contributed by atoms with E-state index in [9.17, 15) is 4.79 Å². The average Bonchev–Trinajstić information content (AvgIpc) is 3.17. The van der Waals surface area contributed by atoms with Gasteiger partial charge in [0.15, 0.2) is 5.76 Å². The summed E-state index contributed by atoms with van der Waals surface area (Å²) < 4.78 is 10.9. The summed E-state index contributed by atoms with van der Waals surface area (Å²) in [5.74, 6) is 1.09. The Morgan fingerprint density at radius 2 is 2.17 bits per heavy atom. The number of hydrogen-bond acceptors (Lipinski definition) is 5. The van der Waals surface area contributed by atoms with E-state index in [1.807, 2.05) is 24.3 Å². The highest BCUT2D eigenvalue weighted by Gasteiger charge is 2.28. The summed E-state index contributed by atoms with van der Waals surface area (Å²) in [6, 6.07) is 7.57. The van der Waals surface area contributed by atoms with Crippen molar-refractivity contribution in [2.45, 2.75) is 13.0 Å². The van der Waals surface area contributed by atoms with Gasteiger partial charge in [-0.15, -0.1) is 12.4 Å². The lowest BCUT2D eigenvalue weighted by atomic mass is 10.1. The summed E-state index contributed by atoms with van der Waals surface area (Å²) in [6.45, 7) is 1.85. The number of methoxy groups -OCH3 is 1. The molecular formula is C16H19ClN2O4. The van der Waals surface area contributed by atoms with Gasteiger partial charge in [0.1, 0.15) is 5.75 Å². The highest BCUT2D eigenvalue weighted by molar-refractivity contribution is 5.85. The van der Waals surface area contributed by atoms with Crippen LogP contribution in [0.1, 0.15) is 12.3 Å². The number of carboxylic acid groups (broad SMARTS) is 1. The van der Waals surface area contributed by atoms with Crippen LogP contribution in [0.15, 0.2) is 34.9 Å². The van der Waals surface area contributed by atoms with Crippen LogP contribution in [0.4, 0.5) is 0 Å². The molecule has 124 valence electrons. The Hall–Kier alpha value is -2.05. The molecule has 1 aromatic heterocycles. The van der Waals surface area contributed by atoms with E-state index in [0.717, 1.165) is 17.9 Å². The van der Waals surface area contributed by atoms with Gasteiger partial charge >= 0.3 is 5.97 Å². The molecule has 0 bridgehead atoms. The number of ether oxygens (including phenoxy) is 1. The fourth-order valence-electron chi connectivity index (χ4n) is 2.64. The molecule has 0 aliphatic carbocycles. The molecule has 7 heteroatoms. The zero-order chi connectivity index (χ0) is 15.5. The van der Waals surface area contributed by atoms with Crippen LogP contribution in [-0.4, -0.2) is 41.2 Å². The van der Waals surface area contributed by atoms with Crippen molar-refractivity contribution in [2.75, 3.05) is 20.2 Å². The van der Waals surface area contributed by atoms with Crippen LogP contribution < -0.4 is 4.74 Å². The Labute approximate surface area is 140 Å². The van der Waals surface area contributed by atoms with E-state index in [1.54, 1.807) is 13.3 Å². The topological polar surface area (TPSA) is 75.8 Å². The molecular weight excluding hydrogens is 320 g/mol. The fourth-order valence-corrected chi connectivity index (χ4v) is 2.64. The number of carbonyl (C=O) groups is 1. The minimum atomic E-state index is -0.728. The van der Waals surface area contributed by atoms with E-state index in [0.29, 0.717) is 31.2 Å². The maximum absolute atomic E-state index is 11.0. The quantitative estimate of drug-likeness (QED) is 0.903. The number of hydrogen-bond donors (Lipinski definition) is 1. The first-order valence-corrected chi connectivity index (χ1v) is 7.20. The zero-order valence-electron chi connectivity index (χ0n) is 12.8. The van der Waals surface area contributed by atoms with Gasteiger partial charge in [0.25, 0.3) is 0 Å². The summed E-state index contributed by atoms with van der Waals surface area (Å²) in [5.41, 5.74) is 0.935. The standard InChI is InChI=1S/C16H18N2O4.ClH/c1-21-13-4-2-11(3-5-13)14-8-17-15(22-14)10-18-7-6-12(9-18)16(19)20;/h2-5,8,12H,6-7,9-10H2,1H3,(H,19,20);1H. The molecule has 6 nitrogen and oxygen atoms in total. The number of oxazole rings is 1. The number of aromatic nitrogens is 1. The summed E-state index contributed by atoms with van der Waals surface area (Å²) in [7, 11) is 1.63. The molecule has 1 fully saturated rings. The number of rotatable bonds is 5. The second-order valence-electron chi connectivity index (χ2n) is 5.41. The Morgan fingerprint density at radius 3 is 2.78 bits per heavy atom. The van der Waals surface area contributed by atoms with Gasteiger partial charge < -0.3 is 14.3 Å². The van der Waals surface area contributed by atoms with Crippen LogP contribution >= 0.6 is 12.4 Å². The molecule has 23 heavy (non-hydrogen) atoms. The van der Waals surface area contributed by atoms with Crippen LogP contribution in [0.5, 0.6) is 5.75 Å². The van der Waals surface area contributed by atoms with Crippen molar-refractivity contribution in [3.05, 3.63) is 36.4 Å². The molecule has 0 saturated carbocycles. The molecule has 1 aliphatic rings. The van der Waals surface area contributed by atoms with Crippen molar-refractivity contribution < 1.29 is 19.1 Å². The number of likely N-dealkylation sites (tertiary alicyclic amines) is 1. The Bertz CT molecular complexity index is 656. The van der Waals surface area contributed by atoms with Crippen LogP contribution in [0.25, 0.3) is 11.3 Å². The molecule has 1 saturated heterocycles. The van der Waals surface area contributed by atoms with Crippen molar-refractivity contribution in [1.82, 2.24) is 9.88 Å². The smallest absolute Gasteiger partial charge is 0.307 e. The summed E-state index contributed by atoms with van der Waals surface area (Å²) in [6.07, 6.45) is 2.38. The molecule has 1 unspecified atom stereocenters. The van der Waals surface area contributed by atoms with E-state index in [2.05, 4.69) is 9.88 Å². The Balaban J connectivity index is 0.00000192. The van der Waals surface area contributed by atoms with Crippen LogP contribution in [-0.2, 0) is 11.3 Å². The lowest BCUT2D eigenvalue weighted by molar-refractivity contribution is -0.141. The molecule has 1 atom stereocenters. The van der Waals surface area contributed by atoms with Gasteiger partial charge in [-0.1, -0.05) is 0 Å². The van der Waals surface area contributed by atoms with Gasteiger partial charge in [-0.05, 0) is 37.2 Å². The number of halogens is 1. The van der Waals surface area contributed by atoms with Crippen molar-refractivity contribution in [2.24, 2.45) is 5.92 Å². The van der Waals surface area contributed by atoms with Gasteiger partial charge in [0, 0.05) is 12.1 Å². The van der Waals surface area contributed by atoms with Crippen molar-refractivity contribution >= 4 is 18.4 Å². The third kappa shape index (κ3) is 4.03. The molecule has 3 rings (SSSR count). The monoisotopic (exact) mass is 338 g/mol. The summed E-state index contributed by atoms with van der Waals surface area (Å²) >= 11 is 0. The number of carboxylic acids is 1. The van der Waals surface area contributed by atoms with Crippen molar-refractivity contribution in [1.29, 1.82) is 0 Å². The van der Waals surface area contributed by atoms with E-state index in [1.165, 1.54) is 0 Å². The Kier molecular flexibility index (Phi) is 5.63. The van der Waals surface area contributed by atoms with Gasteiger partial charge in [0.05, 0.1) is 25.8 Å². The minimum absolute atomic E-state index is 0. The van der Waals surface area contributed by atoms with E-state index >= 15 is 0 Å². The minimum Gasteiger partial charge on any atom is -0.497 e. The maximum Gasteiger partial charge on any atom is 0.307 e. The first kappa shape index (κ1) is 17.3. The van der Waals surface area contributed by atoms with Gasteiger partial charge in [-0.3, -0.25) is 9.69 Å². The molecule has 1 N–H and O–H groups in total. The SMILES string of the molecule is COc1ccc(-c2cnc(CN3CCC(C(=O)O)C3)o2)cc1.Cl. The lowest BCUT2D eigenvalue weighted by Crippen LogP contribution is -2.22. The van der Waals surface area contributed by atoms with Crippen LogP contribution in [0, 0.1) is 5.92 Å². The second kappa shape index (κ2) is 7.48. The Morgan fingerprint density at radius 1 is 1.43 bits per heavy atom. The van der Waals surface area contributed by atoms with Crippen molar-refractivity contribution in [3.8, 4) is 17.1 Å². The first-order chi connectivity index (χ1) is 10.7. The lowest BCUT2D eigenvalue weighted by Gasteiger charge is -2.11. The summed E-state index contributed by atoms with van der Waals surface area (Å²) in [5, 5.41) is 9.02. The van der Waals surface area contributed by atoms with Crippen LogP contribution in [0.2, 0.25) is 0 Å². The van der Waals surface area contributed by atoms with E-state index in [-0.39, 0.29) is 18.3 Å². The normalized spacial score (nSPS) is 17.7. The van der Waals surface area contributed by atoms with E-state index in [4.69, 9.17) is 14.3 Å². The molecule has 2 heterocycles. The van der Waals surface area contributed by atoms with E-state index < -0.39 is 5.97 Å². The fraction of sp³-hybridized carbons (Fsp3) is 0.375. The average molecular weight is 339 g/mol. The van der Waals surface area contributed by atoms with Crippen molar-refractivity contribution in [3.63, 3.8) is 0 Å². The predicted molar refractivity (Wildman–Crippen MR) is 86.8 cm³/mol. The molecule has 0 amide bonds. The van der Waals surface area contributed by atoms with Gasteiger partial charge in [-0.25, -0.2) is 4.98 Å². The van der Waals surface area contributed by atoms with Gasteiger partial charge in [-0.2, -0.15) is 0 Å². The second-order valence-corrected chi connectivity index (χ2v) is 5.41. The van der Waals surface area contributed by atoms with Crippen LogP contribution in [0.3, 0.4) is 0 Å². The zero-order valence-corrected chi connectivity index (χ0v) is 13.6. The highest BCUT2D eigenvalue weighted by atomic mass is 35.5. The number of benzene rings is 1. The first-order valence-electron chi connectivity index (χ1n) is 7.20. The molecule has 1 aliphatic heterocycles. The maximum atomic E-state index is 11.0. The molecule has 2 aromatic rings. The third-order valence-corrected chi connectivity index (χ3v) is 3.91. The number of aliphatic carboxylic acids is 1. The number of nitrogens with zero attached hydrogens (tertiary/aromatic N) is 2. The molecule has 0 radical (unpaired) electrons. The molecule has 0 spiro atoms. The van der Waals surface area contributed by atoms with Gasteiger partial charge in [0.2, 0.25) is 5.89 Å². The molecule has 1 aromatic carbocycles. The highest BCUT2D eigenvalue weighted by Crippen LogP contribution is 2.24. The predicted octanol–water partition coefficient (Wildman–Crippen LogP) is 2.68. The summed E-state index contributed by atoms with van der Waals surface area (Å²) in [4.78, 5) is 17.3. The largest absolute Gasteiger partial charge is 0.497 e. The third-order valence-electron chi connectivity index (χ3n) is 3.91.